The summed E-state index contributed by atoms with van der Waals surface area (Å²) < 4.78 is 24.8. The zero-order valence-corrected chi connectivity index (χ0v) is 31.0. The van der Waals surface area contributed by atoms with Crippen molar-refractivity contribution in [1.29, 1.82) is 0 Å². The van der Waals surface area contributed by atoms with Gasteiger partial charge in [0.1, 0.15) is 51.6 Å². The monoisotopic (exact) mass is 742 g/mol. The molecule has 6 aliphatic rings. The van der Waals surface area contributed by atoms with Crippen LogP contribution in [-0.2, 0) is 40.1 Å². The standard InChI is InChI=1S/C42H42N6O7/c1-20-13-29(49)35-30(52-20)16-31-34(37(35)50)26-5-4-11-42(40(51)53-38(26)41(2,3)54-31)32(55-42)9-6-21-14-33(43)47-36-24(21)7-8-25-27(36)15-23(46-39(25)44)18-48-17-22-10-12-45-28(22)19-48/h10,12-16,19,26,32,38,50H,4-9,11,17-18H2,1-3H3,(H2,43,47)(H2,44,46). The number of ether oxygens (including phenoxy) is 3. The van der Waals surface area contributed by atoms with Crippen molar-refractivity contribution >= 4 is 34.8 Å². The maximum Gasteiger partial charge on any atom is 0.341 e. The molecule has 0 amide bonds. The van der Waals surface area contributed by atoms with E-state index in [0.29, 0.717) is 67.4 Å². The van der Waals surface area contributed by atoms with Gasteiger partial charge in [-0.05, 0) is 95.1 Å². The van der Waals surface area contributed by atoms with Crippen LogP contribution in [0.1, 0.15) is 79.2 Å². The van der Waals surface area contributed by atoms with Crippen molar-refractivity contribution < 1.29 is 28.5 Å². The molecule has 4 atom stereocenters. The number of esters is 1. The smallest absolute Gasteiger partial charge is 0.341 e. The van der Waals surface area contributed by atoms with Crippen molar-refractivity contribution in [3.8, 4) is 22.8 Å². The minimum atomic E-state index is -1.06. The lowest BCUT2D eigenvalue weighted by Gasteiger charge is -2.45. The number of nitrogens with zero attached hydrogens (tertiary/aromatic N) is 4. The normalized spacial score (nSPS) is 25.5. The Hall–Kier alpha value is -5.69. The van der Waals surface area contributed by atoms with Crippen molar-refractivity contribution in [2.24, 2.45) is 4.99 Å². The number of nitrogens with two attached hydrogens (primary N) is 2. The first-order chi connectivity index (χ1) is 26.4. The van der Waals surface area contributed by atoms with Crippen LogP contribution in [0.3, 0.4) is 0 Å². The third-order valence-corrected chi connectivity index (χ3v) is 12.2. The molecular formula is C42H42N6O7. The molecule has 282 valence electrons. The molecule has 5 N–H and O–H groups in total. The Morgan fingerprint density at radius 1 is 1.07 bits per heavy atom. The number of anilines is 2. The van der Waals surface area contributed by atoms with Crippen LogP contribution < -0.4 is 21.6 Å². The lowest BCUT2D eigenvalue weighted by molar-refractivity contribution is -0.173. The molecule has 2 fully saturated rings. The van der Waals surface area contributed by atoms with Gasteiger partial charge in [-0.3, -0.25) is 9.79 Å². The summed E-state index contributed by atoms with van der Waals surface area (Å²) in [4.78, 5) is 43.2. The Bertz CT molecular complexity index is 2520. The zero-order chi connectivity index (χ0) is 38.0. The second-order valence-corrected chi connectivity index (χ2v) is 16.2. The van der Waals surface area contributed by atoms with Gasteiger partial charge < -0.3 is 40.1 Å². The highest BCUT2D eigenvalue weighted by Crippen LogP contribution is 2.54. The fourth-order valence-corrected chi connectivity index (χ4v) is 9.65. The van der Waals surface area contributed by atoms with Gasteiger partial charge in [0.2, 0.25) is 0 Å². The van der Waals surface area contributed by atoms with Crippen molar-refractivity contribution in [1.82, 2.24) is 14.9 Å². The highest BCUT2D eigenvalue weighted by Gasteiger charge is 2.65. The number of aliphatic imine (C=N–C) groups is 1. The van der Waals surface area contributed by atoms with Gasteiger partial charge in [0, 0.05) is 59.3 Å². The van der Waals surface area contributed by atoms with Crippen molar-refractivity contribution in [3.63, 3.8) is 0 Å². The quantitative estimate of drug-likeness (QED) is 0.177. The van der Waals surface area contributed by atoms with Crippen molar-refractivity contribution in [2.75, 3.05) is 18.0 Å². The van der Waals surface area contributed by atoms with Gasteiger partial charge in [-0.2, -0.15) is 0 Å². The van der Waals surface area contributed by atoms with Crippen LogP contribution >= 0.6 is 0 Å². The summed E-state index contributed by atoms with van der Waals surface area (Å²) in [7, 11) is 0. The number of carbonyl (C=O) groups is 1. The summed E-state index contributed by atoms with van der Waals surface area (Å²) in [5, 5.41) is 11.6. The fourth-order valence-electron chi connectivity index (χ4n) is 9.65. The number of hydrogen-bond acceptors (Lipinski definition) is 13. The lowest BCUT2D eigenvalue weighted by Crippen LogP contribution is -2.53. The van der Waals surface area contributed by atoms with Crippen LogP contribution in [0.15, 0.2) is 62.0 Å². The highest BCUT2D eigenvalue weighted by atomic mass is 16.7. The number of aryl methyl sites for hydroxylation is 2. The summed E-state index contributed by atoms with van der Waals surface area (Å²) in [6.45, 7) is 6.81. The molecule has 4 aromatic rings. The Morgan fingerprint density at radius 2 is 1.91 bits per heavy atom. The first-order valence-corrected chi connectivity index (χ1v) is 19.0. The van der Waals surface area contributed by atoms with E-state index in [2.05, 4.69) is 22.2 Å². The van der Waals surface area contributed by atoms with E-state index in [4.69, 9.17) is 40.1 Å². The van der Waals surface area contributed by atoms with Gasteiger partial charge in [0.25, 0.3) is 0 Å². The van der Waals surface area contributed by atoms with Crippen LogP contribution in [0.25, 0.3) is 22.2 Å². The lowest BCUT2D eigenvalue weighted by atomic mass is 9.76. The maximum atomic E-state index is 14.1. The number of carbonyl (C=O) groups excluding carboxylic acids is 1. The molecule has 4 unspecified atom stereocenters. The number of pyridine rings is 2. The van der Waals surface area contributed by atoms with E-state index in [1.54, 1.807) is 13.0 Å². The van der Waals surface area contributed by atoms with Gasteiger partial charge in [-0.25, -0.2) is 14.8 Å². The van der Waals surface area contributed by atoms with Crippen LogP contribution in [0.4, 0.5) is 11.6 Å². The molecule has 0 saturated carbocycles. The molecule has 1 spiro atoms. The van der Waals surface area contributed by atoms with E-state index < -0.39 is 23.3 Å². The summed E-state index contributed by atoms with van der Waals surface area (Å²) in [5.74, 6) is 0.803. The van der Waals surface area contributed by atoms with Crippen LogP contribution in [0.2, 0.25) is 0 Å². The number of fused-ring (bicyclic) bond motifs is 8. The molecule has 0 radical (unpaired) electrons. The van der Waals surface area contributed by atoms with Gasteiger partial charge >= 0.3 is 5.97 Å². The average Bonchev–Trinajstić information content (AvgIpc) is 3.44. The van der Waals surface area contributed by atoms with E-state index in [0.717, 1.165) is 58.7 Å². The number of nitrogen functional groups attached to an aromatic ring is 2. The van der Waals surface area contributed by atoms with Gasteiger partial charge in [0.15, 0.2) is 11.0 Å². The Morgan fingerprint density at radius 3 is 2.75 bits per heavy atom. The van der Waals surface area contributed by atoms with Crippen LogP contribution in [-0.4, -0.2) is 62.1 Å². The number of hydrogen-bond donors (Lipinski definition) is 3. The van der Waals surface area contributed by atoms with E-state index in [1.807, 2.05) is 32.2 Å². The van der Waals surface area contributed by atoms with E-state index in [9.17, 15) is 14.7 Å². The number of aromatic hydroxyl groups is 1. The summed E-state index contributed by atoms with van der Waals surface area (Å²) in [5.41, 5.74) is 19.4. The molecule has 0 bridgehead atoms. The Kier molecular flexibility index (Phi) is 7.33. The van der Waals surface area contributed by atoms with E-state index in [1.165, 1.54) is 11.6 Å². The molecule has 55 heavy (non-hydrogen) atoms. The molecule has 13 nitrogen and oxygen atoms in total. The van der Waals surface area contributed by atoms with Gasteiger partial charge in [-0.1, -0.05) is 0 Å². The third kappa shape index (κ3) is 5.34. The van der Waals surface area contributed by atoms with Crippen LogP contribution in [0.5, 0.6) is 11.5 Å². The third-order valence-electron chi connectivity index (χ3n) is 12.2. The minimum Gasteiger partial charge on any atom is -0.507 e. The second-order valence-electron chi connectivity index (χ2n) is 16.2. The SMILES string of the molecule is Cc1cc(=O)c2c(O)c3c(cc2o1)OC(C)(C)C1OC(=O)C2(CCCC31)OC2CCc1cc(N)nc2c1CCc1c-2cc(CN2C=C3N=CC=C3C2)nc1N. The van der Waals surface area contributed by atoms with Crippen molar-refractivity contribution in [3.05, 3.63) is 91.7 Å². The fraction of sp³-hybridized carbons (Fsp3) is 0.405. The molecule has 2 saturated heterocycles. The largest absolute Gasteiger partial charge is 0.507 e. The molecule has 10 rings (SSSR count). The summed E-state index contributed by atoms with van der Waals surface area (Å²) >= 11 is 0. The second kappa shape index (κ2) is 11.9. The van der Waals surface area contributed by atoms with Crippen LogP contribution in [0, 0.1) is 6.92 Å². The first-order valence-electron chi connectivity index (χ1n) is 19.0. The summed E-state index contributed by atoms with van der Waals surface area (Å²) in [6.07, 6.45) is 9.33. The molecular weight excluding hydrogens is 700 g/mol. The Balaban J connectivity index is 0.882. The number of rotatable bonds is 5. The topological polar surface area (TPSA) is 192 Å². The van der Waals surface area contributed by atoms with Gasteiger partial charge in [0.05, 0.1) is 29.7 Å². The zero-order valence-electron chi connectivity index (χ0n) is 31.0. The molecule has 1 aromatic carbocycles. The average molecular weight is 743 g/mol. The summed E-state index contributed by atoms with van der Waals surface area (Å²) in [6, 6.07) is 7.05. The number of phenols is 1. The Labute approximate surface area is 316 Å². The molecule has 8 heterocycles. The first kappa shape index (κ1) is 33.8. The number of aromatic nitrogens is 2. The minimum absolute atomic E-state index is 0.0976. The highest BCUT2D eigenvalue weighted by molar-refractivity contribution is 5.88. The predicted molar refractivity (Wildman–Crippen MR) is 205 cm³/mol. The molecule has 5 aliphatic heterocycles. The molecule has 1 aliphatic carbocycles. The van der Waals surface area contributed by atoms with E-state index >= 15 is 0 Å². The van der Waals surface area contributed by atoms with Crippen molar-refractivity contribution in [2.45, 2.75) is 102 Å². The van der Waals surface area contributed by atoms with Gasteiger partial charge in [-0.15, -0.1) is 0 Å². The number of epoxide rings is 1. The molecule has 13 heteroatoms. The van der Waals surface area contributed by atoms with E-state index in [-0.39, 0.29) is 34.2 Å². The number of benzene rings is 1. The molecule has 3 aromatic heterocycles. The number of allylic oxidation sites excluding steroid dienone is 1. The maximum absolute atomic E-state index is 14.1. The predicted octanol–water partition coefficient (Wildman–Crippen LogP) is 5.32. The number of phenolic OH excluding ortho intramolecular Hbond substituents is 1.